The topological polar surface area (TPSA) is 81.8 Å². The van der Waals surface area contributed by atoms with Crippen molar-refractivity contribution in [3.8, 4) is 0 Å². The van der Waals surface area contributed by atoms with E-state index in [1.54, 1.807) is 6.07 Å². The molecule has 144 valence electrons. The minimum absolute atomic E-state index is 0.324. The summed E-state index contributed by atoms with van der Waals surface area (Å²) in [6.07, 6.45) is 5.11. The molecular formula is C19H23FN4O3. The summed E-state index contributed by atoms with van der Waals surface area (Å²) in [5.41, 5.74) is 0.214. The summed E-state index contributed by atoms with van der Waals surface area (Å²) in [6.45, 7) is 1.35. The van der Waals surface area contributed by atoms with Gasteiger partial charge in [-0.15, -0.1) is 0 Å². The maximum Gasteiger partial charge on any atom is 0.325 e. The summed E-state index contributed by atoms with van der Waals surface area (Å²) >= 11 is 0. The fourth-order valence-electron chi connectivity index (χ4n) is 4.29. The molecule has 27 heavy (non-hydrogen) atoms. The molecule has 2 aliphatic heterocycles. The lowest BCUT2D eigenvalue weighted by atomic mass is 9.98. The predicted molar refractivity (Wildman–Crippen MR) is 97.9 cm³/mol. The molecule has 0 bridgehead atoms. The smallest absolute Gasteiger partial charge is 0.325 e. The molecule has 0 aromatic heterocycles. The van der Waals surface area contributed by atoms with Crippen molar-refractivity contribution in [2.75, 3.05) is 29.9 Å². The van der Waals surface area contributed by atoms with Gasteiger partial charge in [-0.1, -0.05) is 12.8 Å². The second-order valence-corrected chi connectivity index (χ2v) is 7.55. The first kappa shape index (κ1) is 17.8. The minimum Gasteiger partial charge on any atom is -0.371 e. The van der Waals surface area contributed by atoms with E-state index in [0.29, 0.717) is 18.5 Å². The van der Waals surface area contributed by atoms with Gasteiger partial charge in [0.2, 0.25) is 5.91 Å². The zero-order chi connectivity index (χ0) is 19.0. The predicted octanol–water partition coefficient (Wildman–Crippen LogP) is 2.23. The number of hydrogen-bond donors (Lipinski definition) is 2. The van der Waals surface area contributed by atoms with Crippen LogP contribution in [-0.4, -0.2) is 47.9 Å². The van der Waals surface area contributed by atoms with Crippen LogP contribution in [0, 0.1) is 5.82 Å². The lowest BCUT2D eigenvalue weighted by Gasteiger charge is -2.20. The quantitative estimate of drug-likeness (QED) is 0.792. The summed E-state index contributed by atoms with van der Waals surface area (Å²) < 4.78 is 14.0. The molecule has 7 nitrogen and oxygen atoms in total. The lowest BCUT2D eigenvalue weighted by molar-refractivity contribution is -0.133. The number of carbonyl (C=O) groups is 3. The third-order valence-electron chi connectivity index (χ3n) is 5.64. The number of anilines is 2. The Labute approximate surface area is 156 Å². The van der Waals surface area contributed by atoms with Gasteiger partial charge in [0, 0.05) is 24.5 Å². The number of nitrogens with one attached hydrogen (secondary N) is 2. The van der Waals surface area contributed by atoms with Gasteiger partial charge in [0.25, 0.3) is 5.91 Å². The normalized spacial score (nSPS) is 21.2. The summed E-state index contributed by atoms with van der Waals surface area (Å²) in [5.74, 6) is -1.29. The molecule has 2 heterocycles. The minimum atomic E-state index is -0.834. The molecule has 1 aliphatic carbocycles. The van der Waals surface area contributed by atoms with Crippen LogP contribution in [0.15, 0.2) is 18.2 Å². The Bertz CT molecular complexity index is 785. The van der Waals surface area contributed by atoms with Crippen LogP contribution in [0.25, 0.3) is 0 Å². The van der Waals surface area contributed by atoms with Gasteiger partial charge in [-0.25, -0.2) is 9.18 Å². The largest absolute Gasteiger partial charge is 0.371 e. The number of rotatable bonds is 4. The number of carbonyl (C=O) groups excluding carboxylic acids is 3. The van der Waals surface area contributed by atoms with Crippen molar-refractivity contribution >= 4 is 29.2 Å². The van der Waals surface area contributed by atoms with Gasteiger partial charge in [-0.05, 0) is 43.9 Å². The average molecular weight is 374 g/mol. The summed E-state index contributed by atoms with van der Waals surface area (Å²) in [5, 5.41) is 5.36. The second kappa shape index (κ2) is 6.83. The van der Waals surface area contributed by atoms with Crippen LogP contribution in [0.5, 0.6) is 0 Å². The van der Waals surface area contributed by atoms with Crippen molar-refractivity contribution in [1.29, 1.82) is 0 Å². The molecule has 1 aromatic rings. The van der Waals surface area contributed by atoms with Gasteiger partial charge in [0.05, 0.1) is 0 Å². The van der Waals surface area contributed by atoms with E-state index in [9.17, 15) is 18.8 Å². The van der Waals surface area contributed by atoms with E-state index < -0.39 is 23.3 Å². The van der Waals surface area contributed by atoms with Crippen LogP contribution in [0.2, 0.25) is 0 Å². The number of imide groups is 1. The fraction of sp³-hybridized carbons (Fsp3) is 0.526. The van der Waals surface area contributed by atoms with Gasteiger partial charge in [-0.2, -0.15) is 0 Å². The molecule has 0 radical (unpaired) electrons. The van der Waals surface area contributed by atoms with Crippen molar-refractivity contribution in [3.05, 3.63) is 24.0 Å². The Morgan fingerprint density at radius 2 is 1.81 bits per heavy atom. The molecular weight excluding hydrogens is 351 g/mol. The van der Waals surface area contributed by atoms with Gasteiger partial charge < -0.3 is 15.5 Å². The molecule has 3 fully saturated rings. The fourth-order valence-corrected chi connectivity index (χ4v) is 4.29. The first-order valence-corrected chi connectivity index (χ1v) is 9.46. The molecule has 2 N–H and O–H groups in total. The van der Waals surface area contributed by atoms with E-state index in [1.165, 1.54) is 12.1 Å². The van der Waals surface area contributed by atoms with Crippen molar-refractivity contribution in [3.63, 3.8) is 0 Å². The van der Waals surface area contributed by atoms with Crippen LogP contribution < -0.4 is 15.5 Å². The van der Waals surface area contributed by atoms with E-state index in [1.807, 2.05) is 0 Å². The number of amides is 4. The van der Waals surface area contributed by atoms with E-state index in [-0.39, 0.29) is 12.5 Å². The Balaban J connectivity index is 1.44. The molecule has 4 amide bonds. The Morgan fingerprint density at radius 1 is 1.11 bits per heavy atom. The summed E-state index contributed by atoms with van der Waals surface area (Å²) in [6, 6.07) is 3.87. The summed E-state index contributed by atoms with van der Waals surface area (Å²) in [7, 11) is 0. The van der Waals surface area contributed by atoms with Crippen LogP contribution in [0.4, 0.5) is 20.6 Å². The highest BCUT2D eigenvalue weighted by Gasteiger charge is 2.52. The Kier molecular flexibility index (Phi) is 4.49. The number of benzene rings is 1. The average Bonchev–Trinajstić information content (AvgIpc) is 3.34. The van der Waals surface area contributed by atoms with Crippen LogP contribution in [-0.2, 0) is 9.59 Å². The van der Waals surface area contributed by atoms with Crippen molar-refractivity contribution in [1.82, 2.24) is 10.2 Å². The molecule has 8 heteroatoms. The summed E-state index contributed by atoms with van der Waals surface area (Å²) in [4.78, 5) is 40.2. The van der Waals surface area contributed by atoms with Gasteiger partial charge >= 0.3 is 6.03 Å². The first-order valence-electron chi connectivity index (χ1n) is 9.46. The third kappa shape index (κ3) is 3.36. The molecule has 1 spiro atoms. The van der Waals surface area contributed by atoms with Crippen molar-refractivity contribution in [2.45, 2.75) is 44.1 Å². The van der Waals surface area contributed by atoms with E-state index in [4.69, 9.17) is 0 Å². The second-order valence-electron chi connectivity index (χ2n) is 7.55. The molecule has 1 aromatic carbocycles. The molecule has 4 rings (SSSR count). The molecule has 2 saturated heterocycles. The molecule has 1 saturated carbocycles. The number of halogens is 1. The monoisotopic (exact) mass is 374 g/mol. The lowest BCUT2D eigenvalue weighted by Crippen LogP contribution is -2.44. The molecule has 3 aliphatic rings. The van der Waals surface area contributed by atoms with Gasteiger partial charge in [0.1, 0.15) is 17.9 Å². The number of hydrogen-bond acceptors (Lipinski definition) is 4. The highest BCUT2D eigenvalue weighted by atomic mass is 19.1. The van der Waals surface area contributed by atoms with Crippen LogP contribution in [0.1, 0.15) is 38.5 Å². The van der Waals surface area contributed by atoms with E-state index in [0.717, 1.165) is 49.4 Å². The molecule has 0 unspecified atom stereocenters. The number of urea groups is 1. The SMILES string of the molecule is O=C(CN1C(=O)NC2(CCCC2)C1=O)Nc1cc(F)cc(N2CCCC2)c1. The molecule has 0 atom stereocenters. The van der Waals surface area contributed by atoms with E-state index in [2.05, 4.69) is 15.5 Å². The Hall–Kier alpha value is -2.64. The van der Waals surface area contributed by atoms with Gasteiger partial charge in [0.15, 0.2) is 0 Å². The maximum atomic E-state index is 14.0. The van der Waals surface area contributed by atoms with Crippen LogP contribution >= 0.6 is 0 Å². The highest BCUT2D eigenvalue weighted by Crippen LogP contribution is 2.35. The first-order chi connectivity index (χ1) is 13.0. The van der Waals surface area contributed by atoms with E-state index >= 15 is 0 Å². The zero-order valence-electron chi connectivity index (χ0n) is 15.1. The maximum absolute atomic E-state index is 14.0. The van der Waals surface area contributed by atoms with Gasteiger partial charge in [-0.3, -0.25) is 14.5 Å². The third-order valence-corrected chi connectivity index (χ3v) is 5.64. The van der Waals surface area contributed by atoms with Crippen LogP contribution in [0.3, 0.4) is 0 Å². The standard InChI is InChI=1S/C19H23FN4O3/c20-13-9-14(11-15(10-13)23-7-3-4-8-23)21-16(25)12-24-17(26)19(22-18(24)27)5-1-2-6-19/h9-11H,1-8,12H2,(H,21,25)(H,22,27). The van der Waals surface area contributed by atoms with Crippen molar-refractivity contribution < 1.29 is 18.8 Å². The number of nitrogens with zero attached hydrogens (tertiary/aromatic N) is 2. The van der Waals surface area contributed by atoms with Crippen molar-refractivity contribution in [2.24, 2.45) is 0 Å². The zero-order valence-corrected chi connectivity index (χ0v) is 15.1. The Morgan fingerprint density at radius 3 is 2.52 bits per heavy atom. The highest BCUT2D eigenvalue weighted by molar-refractivity contribution is 6.10.